The van der Waals surface area contributed by atoms with Crippen molar-refractivity contribution in [1.82, 2.24) is 5.32 Å². The summed E-state index contributed by atoms with van der Waals surface area (Å²) in [6, 6.07) is 3.26. The van der Waals surface area contributed by atoms with Crippen molar-refractivity contribution in [3.8, 4) is 0 Å². The summed E-state index contributed by atoms with van der Waals surface area (Å²) in [5.41, 5.74) is 0.142. The Balaban J connectivity index is 2.18. The Morgan fingerprint density at radius 2 is 2.20 bits per heavy atom. The first-order valence-corrected chi connectivity index (χ1v) is 8.77. The minimum atomic E-state index is -4.82. The van der Waals surface area contributed by atoms with E-state index in [4.69, 9.17) is 11.6 Å². The van der Waals surface area contributed by atoms with Crippen LogP contribution in [0.4, 0.5) is 3.89 Å². The summed E-state index contributed by atoms with van der Waals surface area (Å²) < 4.78 is 34.3. The van der Waals surface area contributed by atoms with Crippen molar-refractivity contribution >= 4 is 39.5 Å². The molecule has 0 bridgehead atoms. The summed E-state index contributed by atoms with van der Waals surface area (Å²) in [4.78, 5) is 11.5. The number of benzene rings is 1. The molecule has 1 saturated heterocycles. The van der Waals surface area contributed by atoms with Crippen molar-refractivity contribution < 1.29 is 17.1 Å². The van der Waals surface area contributed by atoms with Crippen molar-refractivity contribution in [3.63, 3.8) is 0 Å². The summed E-state index contributed by atoms with van der Waals surface area (Å²) in [6.45, 7) is 2.03. The lowest BCUT2D eigenvalue weighted by Crippen LogP contribution is -2.38. The van der Waals surface area contributed by atoms with Gasteiger partial charge in [0.2, 0.25) is 0 Å². The highest BCUT2D eigenvalue weighted by molar-refractivity contribution is 8.00. The predicted octanol–water partition coefficient (Wildman–Crippen LogP) is 2.62. The van der Waals surface area contributed by atoms with Gasteiger partial charge in [-0.25, -0.2) is 0 Å². The fraction of sp³-hybridized carbons (Fsp3) is 0.417. The van der Waals surface area contributed by atoms with Crippen molar-refractivity contribution in [3.05, 3.63) is 28.8 Å². The molecule has 4 nitrogen and oxygen atoms in total. The summed E-state index contributed by atoms with van der Waals surface area (Å²) in [5, 5.41) is 3.10. The number of amides is 1. The number of hydrogen-bond acceptors (Lipinski definition) is 4. The van der Waals surface area contributed by atoms with E-state index in [0.29, 0.717) is 5.25 Å². The Kier molecular flexibility index (Phi) is 4.61. The molecule has 2 unspecified atom stereocenters. The molecule has 1 aliphatic rings. The smallest absolute Gasteiger partial charge is 0.332 e. The molecule has 1 aromatic rings. The predicted molar refractivity (Wildman–Crippen MR) is 77.5 cm³/mol. The van der Waals surface area contributed by atoms with Gasteiger partial charge in [0.25, 0.3) is 5.91 Å². The van der Waals surface area contributed by atoms with Gasteiger partial charge in [-0.3, -0.25) is 4.79 Å². The number of nitrogens with one attached hydrogen (secondary N) is 1. The van der Waals surface area contributed by atoms with Crippen LogP contribution in [0.5, 0.6) is 0 Å². The van der Waals surface area contributed by atoms with Crippen LogP contribution < -0.4 is 5.32 Å². The molecule has 0 aromatic heterocycles. The number of rotatable bonds is 3. The lowest BCUT2D eigenvalue weighted by molar-refractivity contribution is 0.0937. The van der Waals surface area contributed by atoms with Crippen molar-refractivity contribution in [2.75, 3.05) is 5.75 Å². The molecule has 20 heavy (non-hydrogen) atoms. The SMILES string of the molecule is CC1SCCC1NC(=O)c1ccc(S(=O)(=O)F)cc1Cl. The minimum absolute atomic E-state index is 0.0631. The first kappa shape index (κ1) is 15.6. The molecule has 110 valence electrons. The molecular weight excluding hydrogens is 325 g/mol. The van der Waals surface area contributed by atoms with Crippen LogP contribution in [0.2, 0.25) is 5.02 Å². The highest BCUT2D eigenvalue weighted by atomic mass is 35.5. The Bertz CT molecular complexity index is 636. The summed E-state index contributed by atoms with van der Waals surface area (Å²) in [5.74, 6) is 0.607. The van der Waals surface area contributed by atoms with Crippen LogP contribution in [0.25, 0.3) is 0 Å². The largest absolute Gasteiger partial charge is 0.348 e. The van der Waals surface area contributed by atoms with Gasteiger partial charge in [0, 0.05) is 11.3 Å². The zero-order chi connectivity index (χ0) is 14.9. The third kappa shape index (κ3) is 3.45. The normalized spacial score (nSPS) is 22.8. The maximum atomic E-state index is 12.8. The minimum Gasteiger partial charge on any atom is -0.348 e. The third-order valence-corrected chi connectivity index (χ3v) is 5.61. The highest BCUT2D eigenvalue weighted by Crippen LogP contribution is 2.27. The molecule has 0 spiro atoms. The standard InChI is InChI=1S/C12H13ClFNO3S2/c1-7-11(4-5-19-7)15-12(16)9-3-2-8(6-10(9)13)20(14,17)18/h2-3,6-7,11H,4-5H2,1H3,(H,15,16). The molecule has 8 heteroatoms. The van der Waals surface area contributed by atoms with Crippen LogP contribution in [-0.2, 0) is 10.2 Å². The highest BCUT2D eigenvalue weighted by Gasteiger charge is 2.26. The van der Waals surface area contributed by atoms with Gasteiger partial charge in [-0.15, -0.1) is 3.89 Å². The number of halogens is 2. The zero-order valence-electron chi connectivity index (χ0n) is 10.6. The maximum Gasteiger partial charge on any atom is 0.332 e. The molecule has 1 N–H and O–H groups in total. The first-order chi connectivity index (χ1) is 9.29. The topological polar surface area (TPSA) is 63.2 Å². The van der Waals surface area contributed by atoms with E-state index < -0.39 is 15.1 Å². The molecule has 0 aliphatic carbocycles. The number of thioether (sulfide) groups is 1. The van der Waals surface area contributed by atoms with Gasteiger partial charge in [-0.05, 0) is 30.4 Å². The lowest BCUT2D eigenvalue weighted by Gasteiger charge is -2.17. The maximum absolute atomic E-state index is 12.8. The lowest BCUT2D eigenvalue weighted by atomic mass is 10.1. The Labute approximate surface area is 126 Å². The number of carbonyl (C=O) groups excluding carboxylic acids is 1. The van der Waals surface area contributed by atoms with Crippen LogP contribution in [0.3, 0.4) is 0 Å². The van der Waals surface area contributed by atoms with Gasteiger partial charge in [-0.2, -0.15) is 20.2 Å². The van der Waals surface area contributed by atoms with E-state index in [-0.39, 0.29) is 22.5 Å². The van der Waals surface area contributed by atoms with Gasteiger partial charge in [0.05, 0.1) is 10.6 Å². The quantitative estimate of drug-likeness (QED) is 0.861. The van der Waals surface area contributed by atoms with E-state index in [1.165, 1.54) is 6.07 Å². The third-order valence-electron chi connectivity index (χ3n) is 3.16. The zero-order valence-corrected chi connectivity index (χ0v) is 13.0. The van der Waals surface area contributed by atoms with E-state index >= 15 is 0 Å². The van der Waals surface area contributed by atoms with Crippen LogP contribution in [0, 0.1) is 0 Å². The van der Waals surface area contributed by atoms with Crippen LogP contribution >= 0.6 is 23.4 Å². The van der Waals surface area contributed by atoms with Crippen molar-refractivity contribution in [1.29, 1.82) is 0 Å². The van der Waals surface area contributed by atoms with Crippen LogP contribution in [0.1, 0.15) is 23.7 Å². The van der Waals surface area contributed by atoms with E-state index in [1.807, 2.05) is 6.92 Å². The summed E-state index contributed by atoms with van der Waals surface area (Å²) in [6.07, 6.45) is 0.881. The summed E-state index contributed by atoms with van der Waals surface area (Å²) >= 11 is 7.63. The van der Waals surface area contributed by atoms with E-state index in [2.05, 4.69) is 5.32 Å². The van der Waals surface area contributed by atoms with Crippen LogP contribution in [0.15, 0.2) is 23.1 Å². The van der Waals surface area contributed by atoms with Crippen LogP contribution in [-0.4, -0.2) is 31.4 Å². The van der Waals surface area contributed by atoms with E-state index in [1.54, 1.807) is 11.8 Å². The van der Waals surface area contributed by atoms with E-state index in [0.717, 1.165) is 24.3 Å². The van der Waals surface area contributed by atoms with Gasteiger partial charge < -0.3 is 5.32 Å². The molecule has 2 rings (SSSR count). The number of carbonyl (C=O) groups is 1. The molecule has 0 saturated carbocycles. The summed E-state index contributed by atoms with van der Waals surface area (Å²) in [7, 11) is -4.82. The van der Waals surface area contributed by atoms with E-state index in [9.17, 15) is 17.1 Å². The van der Waals surface area contributed by atoms with Gasteiger partial charge in [0.15, 0.2) is 0 Å². The molecule has 1 fully saturated rings. The average Bonchev–Trinajstić information content (AvgIpc) is 2.73. The molecule has 1 amide bonds. The molecule has 0 radical (unpaired) electrons. The first-order valence-electron chi connectivity index (χ1n) is 5.95. The Morgan fingerprint density at radius 1 is 1.50 bits per heavy atom. The molecule has 1 aliphatic heterocycles. The molecular formula is C12H13ClFNO3S2. The monoisotopic (exact) mass is 337 g/mol. The van der Waals surface area contributed by atoms with Crippen molar-refractivity contribution in [2.24, 2.45) is 0 Å². The second-order valence-electron chi connectivity index (χ2n) is 4.52. The van der Waals surface area contributed by atoms with Gasteiger partial charge in [0.1, 0.15) is 4.90 Å². The molecule has 1 aromatic carbocycles. The fourth-order valence-electron chi connectivity index (χ4n) is 2.00. The second-order valence-corrected chi connectivity index (χ2v) is 7.76. The second kappa shape index (κ2) is 5.91. The Hall–Kier alpha value is -0.790. The fourth-order valence-corrected chi connectivity index (χ4v) is 4.02. The van der Waals surface area contributed by atoms with Gasteiger partial charge >= 0.3 is 10.2 Å². The molecule has 1 heterocycles. The van der Waals surface area contributed by atoms with Crippen molar-refractivity contribution in [2.45, 2.75) is 29.5 Å². The average molecular weight is 338 g/mol. The number of hydrogen-bond donors (Lipinski definition) is 1. The Morgan fingerprint density at radius 3 is 2.70 bits per heavy atom. The molecule has 2 atom stereocenters. The van der Waals surface area contributed by atoms with Gasteiger partial charge in [-0.1, -0.05) is 18.5 Å².